The number of hydrogen-bond donors (Lipinski definition) is 1. The van der Waals surface area contributed by atoms with Gasteiger partial charge >= 0.3 is 0 Å². The predicted molar refractivity (Wildman–Crippen MR) is 75.5 cm³/mol. The maximum absolute atomic E-state index is 13.1. The summed E-state index contributed by atoms with van der Waals surface area (Å²) in [7, 11) is 0. The SMILES string of the molecule is CCCNCC(=Cc1ccc(F)c(Br)c1)CC. The molecule has 3 heteroatoms. The van der Waals surface area contributed by atoms with E-state index in [4.69, 9.17) is 0 Å². The van der Waals surface area contributed by atoms with E-state index in [1.54, 1.807) is 6.07 Å². The second-order valence-corrected chi connectivity index (χ2v) is 4.86. The van der Waals surface area contributed by atoms with Gasteiger partial charge in [-0.1, -0.05) is 31.6 Å². The molecule has 0 radical (unpaired) electrons. The maximum atomic E-state index is 13.1. The van der Waals surface area contributed by atoms with Gasteiger partial charge in [-0.3, -0.25) is 0 Å². The van der Waals surface area contributed by atoms with E-state index in [-0.39, 0.29) is 5.82 Å². The highest BCUT2D eigenvalue weighted by Gasteiger charge is 2.00. The fourth-order valence-electron chi connectivity index (χ4n) is 1.54. The highest BCUT2D eigenvalue weighted by molar-refractivity contribution is 9.10. The van der Waals surface area contributed by atoms with Crippen molar-refractivity contribution >= 4 is 22.0 Å². The van der Waals surface area contributed by atoms with E-state index in [0.717, 1.165) is 31.5 Å². The summed E-state index contributed by atoms with van der Waals surface area (Å²) in [5, 5.41) is 3.38. The van der Waals surface area contributed by atoms with Crippen LogP contribution in [0.25, 0.3) is 6.08 Å². The molecule has 0 unspecified atom stereocenters. The molecule has 0 aliphatic heterocycles. The molecule has 0 aromatic heterocycles. The first-order valence-corrected chi connectivity index (χ1v) is 6.81. The highest BCUT2D eigenvalue weighted by Crippen LogP contribution is 2.19. The molecule has 1 N–H and O–H groups in total. The minimum absolute atomic E-state index is 0.218. The Morgan fingerprint density at radius 1 is 1.41 bits per heavy atom. The molecule has 0 heterocycles. The quantitative estimate of drug-likeness (QED) is 0.769. The molecular formula is C14H19BrFN. The smallest absolute Gasteiger partial charge is 0.137 e. The first-order valence-electron chi connectivity index (χ1n) is 6.02. The van der Waals surface area contributed by atoms with Crippen LogP contribution in [0.2, 0.25) is 0 Å². The second-order valence-electron chi connectivity index (χ2n) is 4.01. The minimum atomic E-state index is -0.218. The summed E-state index contributed by atoms with van der Waals surface area (Å²) in [6.45, 7) is 6.22. The zero-order valence-corrected chi connectivity index (χ0v) is 12.0. The summed E-state index contributed by atoms with van der Waals surface area (Å²) in [6.07, 6.45) is 4.26. The average molecular weight is 300 g/mol. The topological polar surface area (TPSA) is 12.0 Å². The first-order chi connectivity index (χ1) is 8.17. The predicted octanol–water partition coefficient (Wildman–Crippen LogP) is 4.38. The van der Waals surface area contributed by atoms with E-state index < -0.39 is 0 Å². The van der Waals surface area contributed by atoms with Gasteiger partial charge in [0.15, 0.2) is 0 Å². The van der Waals surface area contributed by atoms with Crippen molar-refractivity contribution in [3.63, 3.8) is 0 Å². The van der Waals surface area contributed by atoms with Crippen LogP contribution in [0.3, 0.4) is 0 Å². The van der Waals surface area contributed by atoms with Gasteiger partial charge in [-0.15, -0.1) is 0 Å². The van der Waals surface area contributed by atoms with Crippen LogP contribution >= 0.6 is 15.9 Å². The monoisotopic (exact) mass is 299 g/mol. The van der Waals surface area contributed by atoms with Crippen molar-refractivity contribution < 1.29 is 4.39 Å². The first kappa shape index (κ1) is 14.4. The minimum Gasteiger partial charge on any atom is -0.313 e. The Labute approximate surface area is 111 Å². The van der Waals surface area contributed by atoms with Gasteiger partial charge in [0.25, 0.3) is 0 Å². The van der Waals surface area contributed by atoms with Gasteiger partial charge < -0.3 is 5.32 Å². The third kappa shape index (κ3) is 5.00. The Bertz CT molecular complexity index is 388. The Kier molecular flexibility index (Phi) is 6.45. The van der Waals surface area contributed by atoms with Gasteiger partial charge in [0, 0.05) is 6.54 Å². The van der Waals surface area contributed by atoms with Crippen LogP contribution in [-0.4, -0.2) is 13.1 Å². The molecule has 1 aromatic carbocycles. The van der Waals surface area contributed by atoms with Gasteiger partial charge in [-0.05, 0) is 53.0 Å². The normalized spacial score (nSPS) is 11.9. The van der Waals surface area contributed by atoms with E-state index in [2.05, 4.69) is 41.2 Å². The zero-order chi connectivity index (χ0) is 12.7. The maximum Gasteiger partial charge on any atom is 0.137 e. The molecule has 0 fully saturated rings. The van der Waals surface area contributed by atoms with Gasteiger partial charge in [0.2, 0.25) is 0 Å². The van der Waals surface area contributed by atoms with Gasteiger partial charge in [0.05, 0.1) is 4.47 Å². The van der Waals surface area contributed by atoms with Crippen LogP contribution < -0.4 is 5.32 Å². The van der Waals surface area contributed by atoms with Crippen LogP contribution in [0.4, 0.5) is 4.39 Å². The summed E-state index contributed by atoms with van der Waals surface area (Å²) in [4.78, 5) is 0. The summed E-state index contributed by atoms with van der Waals surface area (Å²) in [6, 6.07) is 5.10. The molecule has 1 nitrogen and oxygen atoms in total. The highest BCUT2D eigenvalue weighted by atomic mass is 79.9. The van der Waals surface area contributed by atoms with Crippen molar-refractivity contribution in [3.05, 3.63) is 39.6 Å². The Morgan fingerprint density at radius 2 is 2.18 bits per heavy atom. The van der Waals surface area contributed by atoms with Crippen molar-refractivity contribution in [2.24, 2.45) is 0 Å². The largest absolute Gasteiger partial charge is 0.313 e. The van der Waals surface area contributed by atoms with E-state index in [1.807, 2.05) is 6.07 Å². The third-order valence-corrected chi connectivity index (χ3v) is 3.16. The Hall–Kier alpha value is -0.670. The van der Waals surface area contributed by atoms with Crippen molar-refractivity contribution in [1.82, 2.24) is 5.32 Å². The summed E-state index contributed by atoms with van der Waals surface area (Å²) < 4.78 is 13.6. The van der Waals surface area contributed by atoms with Crippen molar-refractivity contribution in [2.45, 2.75) is 26.7 Å². The lowest BCUT2D eigenvalue weighted by Gasteiger charge is -2.07. The molecule has 0 atom stereocenters. The van der Waals surface area contributed by atoms with Crippen molar-refractivity contribution in [1.29, 1.82) is 0 Å². The van der Waals surface area contributed by atoms with Gasteiger partial charge in [-0.25, -0.2) is 4.39 Å². The molecule has 0 bridgehead atoms. The molecule has 0 amide bonds. The molecule has 0 aliphatic carbocycles. The van der Waals surface area contributed by atoms with Crippen LogP contribution in [0, 0.1) is 5.82 Å². The van der Waals surface area contributed by atoms with E-state index in [0.29, 0.717) is 4.47 Å². The van der Waals surface area contributed by atoms with Gasteiger partial charge in [0.1, 0.15) is 5.82 Å². The standard InChI is InChI=1S/C14H19BrFN/c1-3-7-17-10-11(4-2)8-12-5-6-14(16)13(15)9-12/h5-6,8-9,17H,3-4,7,10H2,1-2H3. The van der Waals surface area contributed by atoms with Crippen molar-refractivity contribution in [2.75, 3.05) is 13.1 Å². The Balaban J connectivity index is 2.72. The number of rotatable bonds is 6. The van der Waals surface area contributed by atoms with Crippen LogP contribution in [0.1, 0.15) is 32.3 Å². The summed E-state index contributed by atoms with van der Waals surface area (Å²) >= 11 is 3.20. The van der Waals surface area contributed by atoms with Crippen LogP contribution in [0.5, 0.6) is 0 Å². The molecule has 0 saturated heterocycles. The lowest BCUT2D eigenvalue weighted by molar-refractivity contribution is 0.621. The summed E-state index contributed by atoms with van der Waals surface area (Å²) in [5.74, 6) is -0.218. The number of hydrogen-bond acceptors (Lipinski definition) is 1. The second kappa shape index (κ2) is 7.62. The van der Waals surface area contributed by atoms with Crippen LogP contribution in [-0.2, 0) is 0 Å². The van der Waals surface area contributed by atoms with E-state index in [9.17, 15) is 4.39 Å². The molecule has 0 saturated carbocycles. The molecule has 0 spiro atoms. The third-order valence-electron chi connectivity index (χ3n) is 2.55. The number of benzene rings is 1. The lowest BCUT2D eigenvalue weighted by atomic mass is 10.1. The summed E-state index contributed by atoms with van der Waals surface area (Å²) in [5.41, 5.74) is 2.37. The number of nitrogens with one attached hydrogen (secondary N) is 1. The molecule has 17 heavy (non-hydrogen) atoms. The number of halogens is 2. The van der Waals surface area contributed by atoms with Crippen molar-refractivity contribution in [3.8, 4) is 0 Å². The van der Waals surface area contributed by atoms with Crippen LogP contribution in [0.15, 0.2) is 28.2 Å². The lowest BCUT2D eigenvalue weighted by Crippen LogP contribution is -2.17. The molecule has 1 aromatic rings. The molecule has 94 valence electrons. The zero-order valence-electron chi connectivity index (χ0n) is 10.4. The molecule has 0 aliphatic rings. The average Bonchev–Trinajstić information content (AvgIpc) is 2.32. The van der Waals surface area contributed by atoms with Gasteiger partial charge in [-0.2, -0.15) is 0 Å². The van der Waals surface area contributed by atoms with E-state index in [1.165, 1.54) is 11.6 Å². The Morgan fingerprint density at radius 3 is 2.76 bits per heavy atom. The fraction of sp³-hybridized carbons (Fsp3) is 0.429. The fourth-order valence-corrected chi connectivity index (χ4v) is 1.94. The molecular weight excluding hydrogens is 281 g/mol. The molecule has 1 rings (SSSR count). The van der Waals surface area contributed by atoms with E-state index >= 15 is 0 Å².